The first-order valence-corrected chi connectivity index (χ1v) is 6.50. The average Bonchev–Trinajstić information content (AvgIpc) is 2.46. The van der Waals surface area contributed by atoms with E-state index in [0.717, 1.165) is 5.56 Å². The molecule has 1 fully saturated rings. The smallest absolute Gasteiger partial charge is 0.410 e. The molecule has 4 nitrogen and oxygen atoms in total. The van der Waals surface area contributed by atoms with Crippen LogP contribution in [0.2, 0.25) is 0 Å². The number of amides is 1. The molecule has 0 radical (unpaired) electrons. The Morgan fingerprint density at radius 1 is 1.40 bits per heavy atom. The van der Waals surface area contributed by atoms with Crippen LogP contribution in [-0.2, 0) is 11.3 Å². The normalized spacial score (nSPS) is 22.0. The van der Waals surface area contributed by atoms with Crippen molar-refractivity contribution in [3.63, 3.8) is 0 Å². The molecule has 20 heavy (non-hydrogen) atoms. The predicted molar refractivity (Wildman–Crippen MR) is 77.5 cm³/mol. The van der Waals surface area contributed by atoms with E-state index in [1.54, 1.807) is 0 Å². The molecule has 1 aromatic rings. The molecule has 0 aromatic heterocycles. The number of hydrogen-bond donors (Lipinski definition) is 1. The minimum Gasteiger partial charge on any atom is -0.445 e. The summed E-state index contributed by atoms with van der Waals surface area (Å²) in [5, 5.41) is 0. The number of carbonyl (C=O) groups excluding carboxylic acids is 1. The van der Waals surface area contributed by atoms with Gasteiger partial charge in [0.25, 0.3) is 0 Å². The number of carbonyl (C=O) groups is 1. The molecule has 1 heterocycles. The van der Waals surface area contributed by atoms with Crippen molar-refractivity contribution in [2.75, 3.05) is 19.6 Å². The maximum atomic E-state index is 13.5. The lowest BCUT2D eigenvalue weighted by molar-refractivity contribution is 0.0560. The van der Waals surface area contributed by atoms with Crippen molar-refractivity contribution in [2.45, 2.75) is 19.2 Å². The van der Waals surface area contributed by atoms with Crippen LogP contribution in [-0.4, -0.2) is 36.8 Å². The molecule has 0 saturated carbocycles. The van der Waals surface area contributed by atoms with Gasteiger partial charge in [0.2, 0.25) is 0 Å². The van der Waals surface area contributed by atoms with Gasteiger partial charge in [-0.15, -0.1) is 12.4 Å². The summed E-state index contributed by atoms with van der Waals surface area (Å²) < 4.78 is 18.7. The number of benzene rings is 1. The lowest BCUT2D eigenvalue weighted by Crippen LogP contribution is -2.47. The Bertz CT molecular complexity index is 419. The van der Waals surface area contributed by atoms with Crippen LogP contribution in [0.5, 0.6) is 0 Å². The maximum absolute atomic E-state index is 13.5. The molecule has 1 aliphatic rings. The zero-order valence-corrected chi connectivity index (χ0v) is 12.0. The zero-order chi connectivity index (χ0) is 13.7. The fourth-order valence-corrected chi connectivity index (χ4v) is 2.20. The first-order valence-electron chi connectivity index (χ1n) is 6.50. The second-order valence-corrected chi connectivity index (χ2v) is 4.79. The first kappa shape index (κ1) is 16.7. The van der Waals surface area contributed by atoms with Gasteiger partial charge in [0, 0.05) is 19.0 Å². The van der Waals surface area contributed by atoms with E-state index in [4.69, 9.17) is 10.5 Å². The van der Waals surface area contributed by atoms with Gasteiger partial charge in [-0.3, -0.25) is 0 Å². The molecule has 112 valence electrons. The minimum atomic E-state index is -0.914. The number of piperidine rings is 1. The van der Waals surface area contributed by atoms with Gasteiger partial charge in [-0.1, -0.05) is 30.3 Å². The summed E-state index contributed by atoms with van der Waals surface area (Å²) in [5.74, 6) is -0.280. The Kier molecular flexibility index (Phi) is 6.75. The van der Waals surface area contributed by atoms with E-state index < -0.39 is 12.3 Å². The van der Waals surface area contributed by atoms with Crippen molar-refractivity contribution in [3.8, 4) is 0 Å². The van der Waals surface area contributed by atoms with Gasteiger partial charge < -0.3 is 15.4 Å². The van der Waals surface area contributed by atoms with Crippen LogP contribution in [0.1, 0.15) is 12.0 Å². The molecular formula is C14H20ClFN2O2. The molecule has 0 aliphatic carbocycles. The van der Waals surface area contributed by atoms with Crippen LogP contribution in [0.4, 0.5) is 9.18 Å². The third kappa shape index (κ3) is 4.35. The predicted octanol–water partition coefficient (Wildman–Crippen LogP) is 2.36. The molecule has 0 spiro atoms. The third-order valence-corrected chi connectivity index (χ3v) is 3.41. The first-order chi connectivity index (χ1) is 9.20. The van der Waals surface area contributed by atoms with Crippen LogP contribution >= 0.6 is 12.4 Å². The van der Waals surface area contributed by atoms with Crippen molar-refractivity contribution in [1.82, 2.24) is 4.90 Å². The fraction of sp³-hybridized carbons (Fsp3) is 0.500. The Morgan fingerprint density at radius 3 is 2.75 bits per heavy atom. The van der Waals surface area contributed by atoms with E-state index in [9.17, 15) is 9.18 Å². The number of alkyl halides is 1. The van der Waals surface area contributed by atoms with E-state index in [1.165, 1.54) is 4.90 Å². The SMILES string of the molecule is Cl.NCC1CN(C(=O)OCc2ccccc2)CCC1F. The molecule has 2 N–H and O–H groups in total. The number of rotatable bonds is 3. The molecule has 0 bridgehead atoms. The summed E-state index contributed by atoms with van der Waals surface area (Å²) in [6.07, 6.45) is -0.972. The topological polar surface area (TPSA) is 55.6 Å². The van der Waals surface area contributed by atoms with Crippen molar-refractivity contribution < 1.29 is 13.9 Å². The number of likely N-dealkylation sites (tertiary alicyclic amines) is 1. The largest absolute Gasteiger partial charge is 0.445 e. The number of nitrogens with zero attached hydrogens (tertiary/aromatic N) is 1. The van der Waals surface area contributed by atoms with Gasteiger partial charge in [0.05, 0.1) is 0 Å². The Labute approximate surface area is 124 Å². The summed E-state index contributed by atoms with van der Waals surface area (Å²) >= 11 is 0. The highest BCUT2D eigenvalue weighted by molar-refractivity contribution is 5.85. The van der Waals surface area contributed by atoms with Crippen LogP contribution in [0.25, 0.3) is 0 Å². The van der Waals surface area contributed by atoms with E-state index >= 15 is 0 Å². The fourth-order valence-electron chi connectivity index (χ4n) is 2.20. The van der Waals surface area contributed by atoms with Gasteiger partial charge in [-0.2, -0.15) is 0 Å². The molecule has 2 atom stereocenters. The van der Waals surface area contributed by atoms with Crippen LogP contribution in [0.3, 0.4) is 0 Å². The van der Waals surface area contributed by atoms with E-state index in [2.05, 4.69) is 0 Å². The van der Waals surface area contributed by atoms with Gasteiger partial charge in [0.15, 0.2) is 0 Å². The highest BCUT2D eigenvalue weighted by atomic mass is 35.5. The molecule has 1 aromatic carbocycles. The average molecular weight is 303 g/mol. The monoisotopic (exact) mass is 302 g/mol. The van der Waals surface area contributed by atoms with Gasteiger partial charge in [0.1, 0.15) is 12.8 Å². The lowest BCUT2D eigenvalue weighted by Gasteiger charge is -2.33. The summed E-state index contributed by atoms with van der Waals surface area (Å²) in [6.45, 7) is 1.22. The quantitative estimate of drug-likeness (QED) is 0.932. The second kappa shape index (κ2) is 8.07. The second-order valence-electron chi connectivity index (χ2n) is 4.79. The summed E-state index contributed by atoms with van der Waals surface area (Å²) in [7, 11) is 0. The van der Waals surface area contributed by atoms with Gasteiger partial charge in [-0.25, -0.2) is 9.18 Å². The van der Waals surface area contributed by atoms with E-state index in [-0.39, 0.29) is 31.5 Å². The van der Waals surface area contributed by atoms with Crippen molar-refractivity contribution in [2.24, 2.45) is 11.7 Å². The van der Waals surface area contributed by atoms with Crippen molar-refractivity contribution in [3.05, 3.63) is 35.9 Å². The molecule has 1 aliphatic heterocycles. The molecule has 1 amide bonds. The lowest BCUT2D eigenvalue weighted by atomic mass is 9.96. The van der Waals surface area contributed by atoms with Crippen molar-refractivity contribution in [1.29, 1.82) is 0 Å². The van der Waals surface area contributed by atoms with Gasteiger partial charge in [-0.05, 0) is 18.5 Å². The third-order valence-electron chi connectivity index (χ3n) is 3.41. The zero-order valence-electron chi connectivity index (χ0n) is 11.2. The van der Waals surface area contributed by atoms with Gasteiger partial charge >= 0.3 is 6.09 Å². The number of halogens is 2. The summed E-state index contributed by atoms with van der Waals surface area (Å²) in [5.41, 5.74) is 6.44. The highest BCUT2D eigenvalue weighted by Crippen LogP contribution is 2.20. The molecule has 2 rings (SSSR count). The highest BCUT2D eigenvalue weighted by Gasteiger charge is 2.31. The van der Waals surface area contributed by atoms with Crippen LogP contribution in [0, 0.1) is 5.92 Å². The molecular weight excluding hydrogens is 283 g/mol. The number of ether oxygens (including phenoxy) is 1. The standard InChI is InChI=1S/C14H19FN2O2.ClH/c15-13-6-7-17(9-12(13)8-16)14(18)19-10-11-4-2-1-3-5-11;/h1-5,12-13H,6-10,16H2;1H. The summed E-state index contributed by atoms with van der Waals surface area (Å²) in [4.78, 5) is 13.4. The minimum absolute atomic E-state index is 0. The number of hydrogen-bond acceptors (Lipinski definition) is 3. The Morgan fingerprint density at radius 2 is 2.10 bits per heavy atom. The van der Waals surface area contributed by atoms with E-state index in [1.807, 2.05) is 30.3 Å². The van der Waals surface area contributed by atoms with Crippen LogP contribution < -0.4 is 5.73 Å². The van der Waals surface area contributed by atoms with E-state index in [0.29, 0.717) is 19.5 Å². The van der Waals surface area contributed by atoms with Crippen LogP contribution in [0.15, 0.2) is 30.3 Å². The maximum Gasteiger partial charge on any atom is 0.410 e. The van der Waals surface area contributed by atoms with Crippen molar-refractivity contribution >= 4 is 18.5 Å². The summed E-state index contributed by atoms with van der Waals surface area (Å²) in [6, 6.07) is 9.47. The number of nitrogens with two attached hydrogens (primary N) is 1. The Balaban J connectivity index is 0.00000200. The molecule has 6 heteroatoms. The Hall–Kier alpha value is -1.33. The molecule has 2 unspecified atom stereocenters. The molecule has 1 saturated heterocycles.